The second-order valence-electron chi connectivity index (χ2n) is 3.62. The maximum atomic E-state index is 12.0. The molecule has 7 heteroatoms. The van der Waals surface area contributed by atoms with Gasteiger partial charge in [0.1, 0.15) is 11.4 Å². The summed E-state index contributed by atoms with van der Waals surface area (Å²) in [6, 6.07) is 1.99. The van der Waals surface area contributed by atoms with Crippen LogP contribution in [0.4, 0.5) is 5.82 Å². The van der Waals surface area contributed by atoms with Gasteiger partial charge in [0.25, 0.3) is 5.91 Å². The lowest BCUT2D eigenvalue weighted by molar-refractivity contribution is 0.0786. The fraction of sp³-hybridized carbons (Fsp3) is 0.200. The van der Waals surface area contributed by atoms with Gasteiger partial charge in [-0.1, -0.05) is 0 Å². The van der Waals surface area contributed by atoms with Crippen molar-refractivity contribution in [1.29, 1.82) is 0 Å². The molecule has 17 heavy (non-hydrogen) atoms. The molecule has 0 atom stereocenters. The van der Waals surface area contributed by atoms with E-state index in [-0.39, 0.29) is 5.91 Å². The van der Waals surface area contributed by atoms with Crippen molar-refractivity contribution in [1.82, 2.24) is 15.1 Å². The van der Waals surface area contributed by atoms with E-state index in [0.29, 0.717) is 17.9 Å². The minimum atomic E-state index is -0.140. The Kier molecular flexibility index (Phi) is 3.49. The van der Waals surface area contributed by atoms with Crippen molar-refractivity contribution in [2.24, 2.45) is 0 Å². The zero-order valence-electron chi connectivity index (χ0n) is 9.11. The average Bonchev–Trinajstić information content (AvgIpc) is 2.86. The van der Waals surface area contributed by atoms with E-state index in [1.54, 1.807) is 23.3 Å². The molecule has 1 amide bonds. The highest BCUT2D eigenvalue weighted by Gasteiger charge is 2.16. The second kappa shape index (κ2) is 4.89. The predicted molar refractivity (Wildman–Crippen MR) is 70.8 cm³/mol. The van der Waals surface area contributed by atoms with Gasteiger partial charge in [-0.3, -0.25) is 9.89 Å². The number of hydrogen-bond acceptors (Lipinski definition) is 4. The molecule has 0 saturated heterocycles. The molecule has 90 valence electrons. The molecule has 0 spiro atoms. The van der Waals surface area contributed by atoms with Gasteiger partial charge in [-0.05, 0) is 32.9 Å². The van der Waals surface area contributed by atoms with Gasteiger partial charge in [0.15, 0.2) is 0 Å². The van der Waals surface area contributed by atoms with Crippen LogP contribution in [0.5, 0.6) is 0 Å². The Bertz CT molecular complexity index is 536. The summed E-state index contributed by atoms with van der Waals surface area (Å²) in [6.07, 6.45) is 1.44. The largest absolute Gasteiger partial charge is 0.383 e. The second-order valence-corrected chi connectivity index (χ2v) is 5.91. The number of carbonyl (C=O) groups excluding carboxylic acids is 1. The van der Waals surface area contributed by atoms with E-state index in [4.69, 9.17) is 5.73 Å². The number of amides is 1. The van der Waals surface area contributed by atoms with Crippen LogP contribution in [0.25, 0.3) is 0 Å². The van der Waals surface area contributed by atoms with Crippen LogP contribution in [0.15, 0.2) is 21.4 Å². The van der Waals surface area contributed by atoms with Gasteiger partial charge in [-0.2, -0.15) is 5.10 Å². The van der Waals surface area contributed by atoms with Crippen molar-refractivity contribution < 1.29 is 4.79 Å². The van der Waals surface area contributed by atoms with Gasteiger partial charge in [0.05, 0.1) is 9.98 Å². The molecular weight excluding hydrogens is 304 g/mol. The third-order valence-corrected chi connectivity index (χ3v) is 3.84. The molecule has 0 unspecified atom stereocenters. The van der Waals surface area contributed by atoms with Gasteiger partial charge in [0.2, 0.25) is 0 Å². The van der Waals surface area contributed by atoms with E-state index in [2.05, 4.69) is 26.1 Å². The predicted octanol–water partition coefficient (Wildman–Crippen LogP) is 2.09. The van der Waals surface area contributed by atoms with Crippen molar-refractivity contribution >= 4 is 39.0 Å². The van der Waals surface area contributed by atoms with Crippen molar-refractivity contribution in [3.05, 3.63) is 32.6 Å². The molecule has 0 aliphatic rings. The summed E-state index contributed by atoms with van der Waals surface area (Å²) in [7, 11) is 1.74. The first kappa shape index (κ1) is 12.1. The smallest absolute Gasteiger partial charge is 0.259 e. The Hall–Kier alpha value is -1.34. The Morgan fingerprint density at radius 2 is 2.47 bits per heavy atom. The van der Waals surface area contributed by atoms with Gasteiger partial charge in [-0.15, -0.1) is 11.3 Å². The summed E-state index contributed by atoms with van der Waals surface area (Å²) < 4.78 is 1.05. The zero-order chi connectivity index (χ0) is 12.4. The van der Waals surface area contributed by atoms with Crippen LogP contribution in [0.3, 0.4) is 0 Å². The lowest BCUT2D eigenvalue weighted by atomic mass is 10.2. The van der Waals surface area contributed by atoms with E-state index in [0.717, 1.165) is 9.35 Å². The van der Waals surface area contributed by atoms with E-state index >= 15 is 0 Å². The maximum absolute atomic E-state index is 12.0. The summed E-state index contributed by atoms with van der Waals surface area (Å²) in [4.78, 5) is 13.6. The van der Waals surface area contributed by atoms with Crippen LogP contribution >= 0.6 is 27.3 Å². The summed E-state index contributed by atoms with van der Waals surface area (Å²) >= 11 is 4.98. The van der Waals surface area contributed by atoms with Crippen molar-refractivity contribution in [2.75, 3.05) is 12.8 Å². The summed E-state index contributed by atoms with van der Waals surface area (Å²) in [5.74, 6) is 0.159. The first-order chi connectivity index (χ1) is 8.08. The molecule has 0 radical (unpaired) electrons. The van der Waals surface area contributed by atoms with Crippen LogP contribution in [0.2, 0.25) is 0 Å². The quantitative estimate of drug-likeness (QED) is 0.911. The molecule has 2 heterocycles. The monoisotopic (exact) mass is 314 g/mol. The van der Waals surface area contributed by atoms with E-state index < -0.39 is 0 Å². The van der Waals surface area contributed by atoms with Gasteiger partial charge >= 0.3 is 0 Å². The molecule has 0 aliphatic carbocycles. The topological polar surface area (TPSA) is 75.0 Å². The molecule has 2 aromatic rings. The number of carbonyl (C=O) groups is 1. The molecule has 2 rings (SSSR count). The van der Waals surface area contributed by atoms with Crippen LogP contribution < -0.4 is 5.73 Å². The molecule has 0 bridgehead atoms. The first-order valence-electron chi connectivity index (χ1n) is 4.85. The molecule has 0 aromatic carbocycles. The number of aromatic amines is 1. The van der Waals surface area contributed by atoms with Crippen LogP contribution in [0, 0.1) is 0 Å². The third-order valence-electron chi connectivity index (χ3n) is 2.29. The molecule has 2 aromatic heterocycles. The summed E-state index contributed by atoms with van der Waals surface area (Å²) in [6.45, 7) is 0.547. The normalized spacial score (nSPS) is 10.5. The standard InChI is InChI=1S/C10H11BrN4OS/c1-15(4-6-2-8(11)17-5-6)10(16)7-3-13-14-9(7)12/h2-3,5H,4H2,1H3,(H3,12,13,14). The molecule has 0 fully saturated rings. The fourth-order valence-electron chi connectivity index (χ4n) is 1.45. The molecule has 3 N–H and O–H groups in total. The Morgan fingerprint density at radius 1 is 1.71 bits per heavy atom. The highest BCUT2D eigenvalue weighted by atomic mass is 79.9. The van der Waals surface area contributed by atoms with E-state index in [9.17, 15) is 4.79 Å². The average molecular weight is 315 g/mol. The molecular formula is C10H11BrN4OS. The van der Waals surface area contributed by atoms with Gasteiger partial charge in [0, 0.05) is 13.6 Å². The minimum Gasteiger partial charge on any atom is -0.383 e. The third kappa shape index (κ3) is 2.67. The summed E-state index contributed by atoms with van der Waals surface area (Å²) in [5.41, 5.74) is 7.09. The number of nitrogens with one attached hydrogen (secondary N) is 1. The Balaban J connectivity index is 2.08. The highest BCUT2D eigenvalue weighted by molar-refractivity contribution is 9.11. The number of nitrogens with zero attached hydrogens (tertiary/aromatic N) is 2. The lowest BCUT2D eigenvalue weighted by Gasteiger charge is -2.15. The lowest BCUT2D eigenvalue weighted by Crippen LogP contribution is -2.26. The van der Waals surface area contributed by atoms with Gasteiger partial charge < -0.3 is 10.6 Å². The number of nitrogen functional groups attached to an aromatic ring is 1. The number of rotatable bonds is 3. The Morgan fingerprint density at radius 3 is 3.00 bits per heavy atom. The molecule has 5 nitrogen and oxygen atoms in total. The van der Waals surface area contributed by atoms with E-state index in [1.807, 2.05) is 11.4 Å². The zero-order valence-corrected chi connectivity index (χ0v) is 11.5. The molecule has 0 saturated carbocycles. The number of thiophene rings is 1. The SMILES string of the molecule is CN(Cc1csc(Br)c1)C(=O)c1cn[nH]c1N. The van der Waals surface area contributed by atoms with Crippen LogP contribution in [0.1, 0.15) is 15.9 Å². The minimum absolute atomic E-state index is 0.140. The number of aromatic nitrogens is 2. The van der Waals surface area contributed by atoms with Crippen molar-refractivity contribution in [3.8, 4) is 0 Å². The van der Waals surface area contributed by atoms with Crippen LogP contribution in [-0.2, 0) is 6.54 Å². The number of anilines is 1. The van der Waals surface area contributed by atoms with Gasteiger partial charge in [-0.25, -0.2) is 0 Å². The maximum Gasteiger partial charge on any atom is 0.259 e. The number of halogens is 1. The van der Waals surface area contributed by atoms with Crippen LogP contribution in [-0.4, -0.2) is 28.1 Å². The molecule has 0 aliphatic heterocycles. The number of H-pyrrole nitrogens is 1. The summed E-state index contributed by atoms with van der Waals surface area (Å²) in [5, 5.41) is 8.29. The van der Waals surface area contributed by atoms with Crippen molar-refractivity contribution in [3.63, 3.8) is 0 Å². The van der Waals surface area contributed by atoms with Crippen molar-refractivity contribution in [2.45, 2.75) is 6.54 Å². The first-order valence-corrected chi connectivity index (χ1v) is 6.52. The number of nitrogens with two attached hydrogens (primary N) is 1. The van der Waals surface area contributed by atoms with E-state index in [1.165, 1.54) is 6.20 Å². The number of hydrogen-bond donors (Lipinski definition) is 2. The fourth-order valence-corrected chi connectivity index (χ4v) is 2.65. The highest BCUT2D eigenvalue weighted by Crippen LogP contribution is 2.22. The Labute approximate surface area is 111 Å².